The summed E-state index contributed by atoms with van der Waals surface area (Å²) in [7, 11) is -3.72. The van der Waals surface area contributed by atoms with E-state index in [0.717, 1.165) is 5.41 Å². The van der Waals surface area contributed by atoms with Crippen molar-refractivity contribution in [3.05, 3.63) is 24.1 Å². The van der Waals surface area contributed by atoms with Crippen molar-refractivity contribution in [3.63, 3.8) is 0 Å². The molecule has 0 radical (unpaired) electrons. The number of anilines is 1. The molecule has 1 aliphatic rings. The number of nitrogens with zero attached hydrogens (tertiary/aromatic N) is 4. The fourth-order valence-corrected chi connectivity index (χ4v) is 3.47. The van der Waals surface area contributed by atoms with E-state index in [1.54, 1.807) is 0 Å². The zero-order valence-electron chi connectivity index (χ0n) is 13.5. The normalized spacial score (nSPS) is 26.9. The number of nitrogens with one attached hydrogen (secondary N) is 1. The van der Waals surface area contributed by atoms with Gasteiger partial charge in [0.15, 0.2) is 17.7 Å². The van der Waals surface area contributed by atoms with Crippen molar-refractivity contribution in [2.75, 3.05) is 18.8 Å². The summed E-state index contributed by atoms with van der Waals surface area (Å²) in [4.78, 5) is 12.0. The number of hydrogen-bond acceptors (Lipinski definition) is 10. The van der Waals surface area contributed by atoms with E-state index < -0.39 is 34.6 Å². The Kier molecular flexibility index (Phi) is 5.17. The van der Waals surface area contributed by atoms with E-state index in [9.17, 15) is 18.6 Å². The number of ether oxygens (including phenoxy) is 1. The van der Waals surface area contributed by atoms with E-state index in [2.05, 4.69) is 19.7 Å². The van der Waals surface area contributed by atoms with Gasteiger partial charge in [-0.3, -0.25) is 4.57 Å². The third-order valence-electron chi connectivity index (χ3n) is 3.90. The molecule has 0 unspecified atom stereocenters. The first-order valence-corrected chi connectivity index (χ1v) is 9.19. The first-order valence-electron chi connectivity index (χ1n) is 7.65. The highest BCUT2D eigenvalue weighted by molar-refractivity contribution is 7.92. The summed E-state index contributed by atoms with van der Waals surface area (Å²) in [5.41, 5.74) is 11.6. The number of nitrogen functional groups attached to an aromatic ring is 1. The number of aliphatic hydroxyl groups excluding tert-OH is 2. The first-order chi connectivity index (χ1) is 12.3. The van der Waals surface area contributed by atoms with E-state index in [4.69, 9.17) is 16.2 Å². The third kappa shape index (κ3) is 3.53. The molecule has 2 aromatic rings. The monoisotopic (exact) mass is 385 g/mol. The van der Waals surface area contributed by atoms with E-state index in [1.807, 2.05) is 0 Å². The zero-order chi connectivity index (χ0) is 18.9. The second-order valence-corrected chi connectivity index (χ2v) is 7.28. The van der Waals surface area contributed by atoms with Crippen LogP contribution >= 0.6 is 0 Å². The van der Waals surface area contributed by atoms with E-state index in [-0.39, 0.29) is 18.9 Å². The molecular weight excluding hydrogens is 366 g/mol. The van der Waals surface area contributed by atoms with Gasteiger partial charge < -0.3 is 26.4 Å². The summed E-state index contributed by atoms with van der Waals surface area (Å²) in [6.45, 7) is -0.168. The molecule has 1 aliphatic heterocycles. The van der Waals surface area contributed by atoms with Crippen molar-refractivity contribution >= 4 is 27.0 Å². The average Bonchev–Trinajstić information content (AvgIpc) is 3.15. The quantitative estimate of drug-likeness (QED) is 0.353. The Morgan fingerprint density at radius 1 is 1.31 bits per heavy atom. The zero-order valence-corrected chi connectivity index (χ0v) is 14.3. The summed E-state index contributed by atoms with van der Waals surface area (Å²) < 4.78 is 32.8. The highest BCUT2D eigenvalue weighted by atomic mass is 32.2. The minimum atomic E-state index is -3.72. The van der Waals surface area contributed by atoms with Crippen molar-refractivity contribution in [3.8, 4) is 0 Å². The molecule has 7 N–H and O–H groups in total. The number of aromatic nitrogens is 4. The van der Waals surface area contributed by atoms with Crippen molar-refractivity contribution in [1.29, 1.82) is 0 Å². The van der Waals surface area contributed by atoms with Gasteiger partial charge >= 0.3 is 0 Å². The summed E-state index contributed by atoms with van der Waals surface area (Å²) in [6, 6.07) is 0. The second-order valence-electron chi connectivity index (χ2n) is 5.63. The van der Waals surface area contributed by atoms with Gasteiger partial charge in [0.05, 0.1) is 6.33 Å². The fraction of sp³-hybridized carbons (Fsp3) is 0.462. The predicted octanol–water partition coefficient (Wildman–Crippen LogP) is -2.58. The van der Waals surface area contributed by atoms with Crippen LogP contribution in [0.1, 0.15) is 6.23 Å². The largest absolute Gasteiger partial charge is 0.387 e. The van der Waals surface area contributed by atoms with Crippen LogP contribution in [-0.2, 0) is 14.8 Å². The maximum Gasteiger partial charge on any atom is 0.233 e. The Hall–Kier alpha value is -2.16. The lowest BCUT2D eigenvalue weighted by atomic mass is 10.1. The molecule has 0 saturated carbocycles. The van der Waals surface area contributed by atoms with Gasteiger partial charge in [0.1, 0.15) is 30.2 Å². The highest BCUT2D eigenvalue weighted by Crippen LogP contribution is 2.31. The lowest BCUT2D eigenvalue weighted by Crippen LogP contribution is -2.39. The van der Waals surface area contributed by atoms with Crippen molar-refractivity contribution < 1.29 is 23.4 Å². The maximum absolute atomic E-state index is 11.8. The number of aliphatic hydroxyl groups is 2. The Morgan fingerprint density at radius 3 is 2.81 bits per heavy atom. The topological polar surface area (TPSA) is 191 Å². The van der Waals surface area contributed by atoms with Crippen LogP contribution in [-0.4, -0.2) is 69.6 Å². The van der Waals surface area contributed by atoms with E-state index in [1.165, 1.54) is 23.3 Å². The Labute approximate surface area is 148 Å². The maximum atomic E-state index is 11.8. The van der Waals surface area contributed by atoms with Crippen molar-refractivity contribution in [2.24, 2.45) is 5.73 Å². The van der Waals surface area contributed by atoms with Gasteiger partial charge in [0, 0.05) is 18.5 Å². The molecule has 12 nitrogen and oxygen atoms in total. The Bertz CT molecular complexity index is 915. The van der Waals surface area contributed by atoms with Gasteiger partial charge in [0.2, 0.25) is 10.0 Å². The molecule has 3 rings (SSSR count). The van der Waals surface area contributed by atoms with Crippen molar-refractivity contribution in [2.45, 2.75) is 24.5 Å². The molecule has 0 bridgehead atoms. The molecule has 0 amide bonds. The first kappa shape index (κ1) is 18.6. The van der Waals surface area contributed by atoms with Gasteiger partial charge in [-0.15, -0.1) is 0 Å². The molecule has 13 heteroatoms. The number of sulfonamides is 1. The molecule has 4 atom stereocenters. The fourth-order valence-electron chi connectivity index (χ4n) is 2.61. The molecule has 0 spiro atoms. The van der Waals surface area contributed by atoms with E-state index >= 15 is 0 Å². The highest BCUT2D eigenvalue weighted by Gasteiger charge is 2.44. The van der Waals surface area contributed by atoms with Gasteiger partial charge in [-0.2, -0.15) is 0 Å². The number of nitrogens with two attached hydrogens (primary N) is 2. The van der Waals surface area contributed by atoms with Crippen LogP contribution in [0.4, 0.5) is 5.82 Å². The van der Waals surface area contributed by atoms with Crippen LogP contribution in [0.25, 0.3) is 11.2 Å². The lowest BCUT2D eigenvalue weighted by Gasteiger charge is -2.16. The van der Waals surface area contributed by atoms with Crippen molar-refractivity contribution in [1.82, 2.24) is 24.2 Å². The molecule has 1 fully saturated rings. The SMILES string of the molecule is NC/C=C/S(=O)(=O)NC[C@H]1O[C@@H](n2cnc3c(N)ncnc32)[C@H](O)[C@@H]1O. The van der Waals surface area contributed by atoms with Crippen LogP contribution in [0, 0.1) is 0 Å². The minimum absolute atomic E-state index is 0.0724. The average molecular weight is 385 g/mol. The van der Waals surface area contributed by atoms with Gasteiger partial charge in [-0.1, -0.05) is 6.08 Å². The summed E-state index contributed by atoms with van der Waals surface area (Å²) in [5, 5.41) is 21.4. The van der Waals surface area contributed by atoms with Gasteiger partial charge in [-0.25, -0.2) is 28.1 Å². The third-order valence-corrected chi connectivity index (χ3v) is 5.02. The van der Waals surface area contributed by atoms with Crippen LogP contribution in [0.5, 0.6) is 0 Å². The molecule has 1 saturated heterocycles. The molecule has 3 heterocycles. The van der Waals surface area contributed by atoms with Gasteiger partial charge in [-0.05, 0) is 0 Å². The number of fused-ring (bicyclic) bond motifs is 1. The summed E-state index contributed by atoms with van der Waals surface area (Å²) >= 11 is 0. The van der Waals surface area contributed by atoms with Crippen LogP contribution in [0.2, 0.25) is 0 Å². The predicted molar refractivity (Wildman–Crippen MR) is 90.8 cm³/mol. The standard InChI is InChI=1S/C13H19N7O5S/c14-2-1-3-26(23,24)19-4-7-9(21)10(22)13(25-7)20-6-18-8-11(15)16-5-17-12(8)20/h1,3,5-7,9-10,13,19,21-22H,2,4,14H2,(H2,15,16,17)/b3-1+/t7-,9-,10-,13-/m1/s1. The molecule has 0 aliphatic carbocycles. The number of rotatable bonds is 6. The molecule has 26 heavy (non-hydrogen) atoms. The minimum Gasteiger partial charge on any atom is -0.387 e. The van der Waals surface area contributed by atoms with Gasteiger partial charge in [0.25, 0.3) is 0 Å². The molecule has 0 aromatic carbocycles. The van der Waals surface area contributed by atoms with Crippen LogP contribution in [0.15, 0.2) is 24.1 Å². The number of hydrogen-bond donors (Lipinski definition) is 5. The summed E-state index contributed by atoms with van der Waals surface area (Å²) in [6.07, 6.45) is -0.773. The smallest absolute Gasteiger partial charge is 0.233 e. The second kappa shape index (κ2) is 7.22. The lowest BCUT2D eigenvalue weighted by molar-refractivity contribution is -0.0329. The Balaban J connectivity index is 1.77. The Morgan fingerprint density at radius 2 is 2.08 bits per heavy atom. The molecular formula is C13H19N7O5S. The van der Waals surface area contributed by atoms with Crippen LogP contribution in [0.3, 0.4) is 0 Å². The molecule has 142 valence electrons. The molecule has 2 aromatic heterocycles. The van der Waals surface area contributed by atoms with E-state index in [0.29, 0.717) is 11.2 Å². The number of imidazole rings is 1. The van der Waals surface area contributed by atoms with Crippen LogP contribution < -0.4 is 16.2 Å². The summed E-state index contributed by atoms with van der Waals surface area (Å²) in [5.74, 6) is 0.165.